The van der Waals surface area contributed by atoms with Crippen molar-refractivity contribution in [2.45, 2.75) is 6.92 Å². The van der Waals surface area contributed by atoms with Gasteiger partial charge in [0.25, 0.3) is 0 Å². The Balaban J connectivity index is 3.41. The molecule has 0 fully saturated rings. The summed E-state index contributed by atoms with van der Waals surface area (Å²) >= 11 is 2.95. The van der Waals surface area contributed by atoms with Crippen molar-refractivity contribution >= 4 is 27.4 Å². The summed E-state index contributed by atoms with van der Waals surface area (Å²) in [4.78, 5) is 21.1. The van der Waals surface area contributed by atoms with Crippen LogP contribution in [0.2, 0.25) is 0 Å². The van der Waals surface area contributed by atoms with E-state index < -0.39 is 16.4 Å². The molecule has 0 amide bonds. The first kappa shape index (κ1) is 11.8. The van der Waals surface area contributed by atoms with Crippen LogP contribution in [0.5, 0.6) is 0 Å². The Morgan fingerprint density at radius 2 is 2.20 bits per heavy atom. The molecule has 0 bridgehead atoms. The molecule has 0 aliphatic carbocycles. The quantitative estimate of drug-likeness (QED) is 0.369. The van der Waals surface area contributed by atoms with Crippen molar-refractivity contribution in [2.24, 2.45) is 0 Å². The maximum atomic E-state index is 13.1. The van der Waals surface area contributed by atoms with Gasteiger partial charge in [-0.25, -0.2) is 0 Å². The third kappa shape index (κ3) is 2.20. The number of nitrogens with zero attached hydrogens (tertiary/aromatic N) is 1. The lowest BCUT2D eigenvalue weighted by Crippen LogP contribution is -2.06. The number of carbonyl (C=O) groups is 1. The van der Waals surface area contributed by atoms with E-state index in [-0.39, 0.29) is 22.2 Å². The highest BCUT2D eigenvalue weighted by atomic mass is 79.9. The SMILES string of the molecule is Cc1c(C(=O)CBr)ccc(F)c1[N+](=O)[O-]. The minimum Gasteiger partial charge on any atom is -0.293 e. The summed E-state index contributed by atoms with van der Waals surface area (Å²) in [5.74, 6) is -1.24. The second-order valence-electron chi connectivity index (χ2n) is 2.88. The molecule has 0 heterocycles. The highest BCUT2D eigenvalue weighted by Crippen LogP contribution is 2.25. The molecule has 15 heavy (non-hydrogen) atoms. The number of rotatable bonds is 3. The maximum Gasteiger partial charge on any atom is 0.308 e. The first-order valence-corrected chi connectivity index (χ1v) is 5.13. The second kappa shape index (κ2) is 4.48. The number of carbonyl (C=O) groups excluding carboxylic acids is 1. The molecule has 0 atom stereocenters. The molecule has 0 aliphatic heterocycles. The molecule has 0 radical (unpaired) electrons. The number of Topliss-reactive ketones (excluding diaryl/α,β-unsaturated/α-hetero) is 1. The molecule has 0 aliphatic rings. The molecule has 0 N–H and O–H groups in total. The van der Waals surface area contributed by atoms with Crippen molar-refractivity contribution in [3.8, 4) is 0 Å². The van der Waals surface area contributed by atoms with Crippen LogP contribution < -0.4 is 0 Å². The van der Waals surface area contributed by atoms with Crippen LogP contribution in [-0.4, -0.2) is 16.0 Å². The molecule has 0 unspecified atom stereocenters. The Kier molecular flexibility index (Phi) is 3.52. The van der Waals surface area contributed by atoms with Crippen LogP contribution in [0.25, 0.3) is 0 Å². The van der Waals surface area contributed by atoms with Gasteiger partial charge in [-0.05, 0) is 19.1 Å². The minimum atomic E-state index is -0.927. The molecule has 0 saturated heterocycles. The van der Waals surface area contributed by atoms with Crippen molar-refractivity contribution in [1.29, 1.82) is 0 Å². The molecule has 1 rings (SSSR count). The zero-order chi connectivity index (χ0) is 11.6. The van der Waals surface area contributed by atoms with Crippen molar-refractivity contribution < 1.29 is 14.1 Å². The summed E-state index contributed by atoms with van der Waals surface area (Å²) in [6.45, 7) is 1.36. The molecule has 1 aromatic carbocycles. The second-order valence-corrected chi connectivity index (χ2v) is 3.44. The fourth-order valence-electron chi connectivity index (χ4n) is 1.27. The van der Waals surface area contributed by atoms with Gasteiger partial charge in [0.2, 0.25) is 5.82 Å². The monoisotopic (exact) mass is 275 g/mol. The van der Waals surface area contributed by atoms with Gasteiger partial charge < -0.3 is 0 Å². The molecule has 6 heteroatoms. The number of ketones is 1. The average molecular weight is 276 g/mol. The lowest BCUT2D eigenvalue weighted by Gasteiger charge is -2.04. The molecule has 1 aromatic rings. The molecule has 4 nitrogen and oxygen atoms in total. The summed E-state index contributed by atoms with van der Waals surface area (Å²) < 4.78 is 13.1. The first-order valence-electron chi connectivity index (χ1n) is 4.01. The van der Waals surface area contributed by atoms with Gasteiger partial charge in [0, 0.05) is 11.1 Å². The van der Waals surface area contributed by atoms with Gasteiger partial charge in [-0.1, -0.05) is 15.9 Å². The number of benzene rings is 1. The number of halogens is 2. The van der Waals surface area contributed by atoms with E-state index in [2.05, 4.69) is 15.9 Å². The highest BCUT2D eigenvalue weighted by molar-refractivity contribution is 9.09. The Hall–Kier alpha value is -1.30. The Labute approximate surface area is 93.4 Å². The van der Waals surface area contributed by atoms with Crippen LogP contribution in [0.3, 0.4) is 0 Å². The third-order valence-electron chi connectivity index (χ3n) is 1.99. The number of nitro groups is 1. The van der Waals surface area contributed by atoms with Crippen molar-refractivity contribution in [3.05, 3.63) is 39.2 Å². The summed E-state index contributed by atoms with van der Waals surface area (Å²) in [6, 6.07) is 2.18. The normalized spacial score (nSPS) is 10.1. The van der Waals surface area contributed by atoms with E-state index >= 15 is 0 Å². The number of hydrogen-bond donors (Lipinski definition) is 0. The molecule has 0 saturated carbocycles. The Bertz CT molecular complexity index is 434. The van der Waals surface area contributed by atoms with Gasteiger partial charge in [-0.3, -0.25) is 14.9 Å². The predicted molar refractivity (Wildman–Crippen MR) is 55.9 cm³/mol. The largest absolute Gasteiger partial charge is 0.308 e. The Morgan fingerprint density at radius 1 is 1.60 bits per heavy atom. The molecule has 0 spiro atoms. The van der Waals surface area contributed by atoms with Gasteiger partial charge in [0.05, 0.1) is 10.3 Å². The number of nitro benzene ring substituents is 1. The summed E-state index contributed by atoms with van der Waals surface area (Å²) in [6.07, 6.45) is 0. The van der Waals surface area contributed by atoms with Gasteiger partial charge in [0.1, 0.15) is 0 Å². The summed E-state index contributed by atoms with van der Waals surface area (Å²) in [5.41, 5.74) is -0.411. The van der Waals surface area contributed by atoms with E-state index in [1.165, 1.54) is 13.0 Å². The Morgan fingerprint density at radius 3 is 2.67 bits per heavy atom. The highest BCUT2D eigenvalue weighted by Gasteiger charge is 2.22. The number of hydrogen-bond acceptors (Lipinski definition) is 3. The standard InChI is InChI=1S/C9H7BrFNO3/c1-5-6(8(13)4-10)2-3-7(11)9(5)12(14)15/h2-3H,4H2,1H3. The van der Waals surface area contributed by atoms with Gasteiger partial charge in [0.15, 0.2) is 5.78 Å². The first-order chi connectivity index (χ1) is 6.99. The van der Waals surface area contributed by atoms with Crippen LogP contribution in [0.1, 0.15) is 15.9 Å². The van der Waals surface area contributed by atoms with E-state index in [0.717, 1.165) is 6.07 Å². The number of alkyl halides is 1. The fraction of sp³-hybridized carbons (Fsp3) is 0.222. The summed E-state index contributed by atoms with van der Waals surface area (Å²) in [7, 11) is 0. The van der Waals surface area contributed by atoms with Gasteiger partial charge in [-0.2, -0.15) is 4.39 Å². The van der Waals surface area contributed by atoms with Crippen LogP contribution in [0.15, 0.2) is 12.1 Å². The van der Waals surface area contributed by atoms with Crippen molar-refractivity contribution in [3.63, 3.8) is 0 Å². The molecule has 0 aromatic heterocycles. The molecular formula is C9H7BrFNO3. The third-order valence-corrected chi connectivity index (χ3v) is 2.50. The van der Waals surface area contributed by atoms with Crippen molar-refractivity contribution in [1.82, 2.24) is 0 Å². The molecule has 80 valence electrons. The van der Waals surface area contributed by atoms with Crippen LogP contribution in [0.4, 0.5) is 10.1 Å². The van der Waals surface area contributed by atoms with Crippen LogP contribution in [0, 0.1) is 22.9 Å². The van der Waals surface area contributed by atoms with Crippen molar-refractivity contribution in [2.75, 3.05) is 5.33 Å². The molecular weight excluding hydrogens is 269 g/mol. The summed E-state index contributed by atoms with van der Waals surface area (Å²) in [5, 5.41) is 10.6. The minimum absolute atomic E-state index is 0.0522. The average Bonchev–Trinajstić information content (AvgIpc) is 2.16. The fourth-order valence-corrected chi connectivity index (χ4v) is 1.57. The lowest BCUT2D eigenvalue weighted by atomic mass is 10.0. The topological polar surface area (TPSA) is 60.2 Å². The van der Waals surface area contributed by atoms with E-state index in [1.54, 1.807) is 0 Å². The van der Waals surface area contributed by atoms with E-state index in [1.807, 2.05) is 0 Å². The zero-order valence-electron chi connectivity index (χ0n) is 7.79. The van der Waals surface area contributed by atoms with E-state index in [4.69, 9.17) is 0 Å². The predicted octanol–water partition coefficient (Wildman–Crippen LogP) is 2.62. The lowest BCUT2D eigenvalue weighted by molar-refractivity contribution is -0.388. The van der Waals surface area contributed by atoms with Gasteiger partial charge in [-0.15, -0.1) is 0 Å². The van der Waals surface area contributed by atoms with Crippen LogP contribution in [-0.2, 0) is 0 Å². The van der Waals surface area contributed by atoms with Crippen LogP contribution >= 0.6 is 15.9 Å². The maximum absolute atomic E-state index is 13.1. The zero-order valence-corrected chi connectivity index (χ0v) is 9.38. The van der Waals surface area contributed by atoms with Gasteiger partial charge >= 0.3 is 5.69 Å². The smallest absolute Gasteiger partial charge is 0.293 e. The van der Waals surface area contributed by atoms with E-state index in [0.29, 0.717) is 0 Å². The van der Waals surface area contributed by atoms with E-state index in [9.17, 15) is 19.3 Å².